The smallest absolute Gasteiger partial charge is 0.260 e. The van der Waals surface area contributed by atoms with E-state index < -0.39 is 0 Å². The van der Waals surface area contributed by atoms with Gasteiger partial charge in [0.2, 0.25) is 0 Å². The zero-order valence-corrected chi connectivity index (χ0v) is 13.2. The lowest BCUT2D eigenvalue weighted by atomic mass is 9.91. The highest BCUT2D eigenvalue weighted by Crippen LogP contribution is 2.24. The fraction of sp³-hybridized carbons (Fsp3) is 0.500. The van der Waals surface area contributed by atoms with Crippen molar-refractivity contribution in [3.05, 3.63) is 35.5 Å². The van der Waals surface area contributed by atoms with Crippen molar-refractivity contribution in [1.29, 1.82) is 0 Å². The Balaban J connectivity index is 2.08. The summed E-state index contributed by atoms with van der Waals surface area (Å²) < 4.78 is 10.6. The Labute approximate surface area is 124 Å². The summed E-state index contributed by atoms with van der Waals surface area (Å²) in [5.74, 6) is 1.77. The van der Waals surface area contributed by atoms with Gasteiger partial charge in [-0.3, -0.25) is 4.79 Å². The predicted octanol–water partition coefficient (Wildman–Crippen LogP) is 4.23. The summed E-state index contributed by atoms with van der Waals surface area (Å²) in [4.78, 5) is 12.2. The molecular formula is C16H22N2O3. The average molecular weight is 290 g/mol. The first-order chi connectivity index (χ1) is 9.76. The van der Waals surface area contributed by atoms with Crippen LogP contribution in [0, 0.1) is 5.41 Å². The summed E-state index contributed by atoms with van der Waals surface area (Å²) in [5, 5.41) is 6.63. The van der Waals surface area contributed by atoms with E-state index in [0.29, 0.717) is 17.1 Å². The summed E-state index contributed by atoms with van der Waals surface area (Å²) in [5.41, 5.74) is 0.640. The number of nitrogens with one attached hydrogen (secondary N) is 1. The molecule has 21 heavy (non-hydrogen) atoms. The number of furan rings is 1. The van der Waals surface area contributed by atoms with Gasteiger partial charge in [0.1, 0.15) is 11.5 Å². The molecule has 0 aliphatic carbocycles. The molecule has 0 radical (unpaired) electrons. The van der Waals surface area contributed by atoms with Gasteiger partial charge in [-0.1, -0.05) is 39.8 Å². The van der Waals surface area contributed by atoms with Crippen LogP contribution in [0.3, 0.4) is 0 Å². The Bertz CT molecular complexity index is 618. The van der Waals surface area contributed by atoms with Gasteiger partial charge in [-0.05, 0) is 11.5 Å². The van der Waals surface area contributed by atoms with Gasteiger partial charge in [-0.25, -0.2) is 0 Å². The minimum Gasteiger partial charge on any atom is -0.468 e. The highest BCUT2D eigenvalue weighted by molar-refractivity contribution is 6.04. The molecule has 0 fully saturated rings. The molecular weight excluding hydrogens is 268 g/mol. The number of aromatic nitrogens is 1. The van der Waals surface area contributed by atoms with E-state index in [2.05, 4.69) is 31.2 Å². The van der Waals surface area contributed by atoms with Gasteiger partial charge >= 0.3 is 0 Å². The molecule has 2 aromatic rings. The van der Waals surface area contributed by atoms with Crippen molar-refractivity contribution in [2.24, 2.45) is 5.41 Å². The molecule has 5 nitrogen and oxygen atoms in total. The van der Waals surface area contributed by atoms with E-state index in [1.54, 1.807) is 12.1 Å². The minimum atomic E-state index is -0.233. The van der Waals surface area contributed by atoms with Crippen molar-refractivity contribution in [3.8, 4) is 0 Å². The van der Waals surface area contributed by atoms with Crippen LogP contribution in [-0.2, 0) is 6.42 Å². The van der Waals surface area contributed by atoms with Crippen LogP contribution in [0.4, 0.5) is 5.82 Å². The molecule has 114 valence electrons. The Hall–Kier alpha value is -2.04. The van der Waals surface area contributed by atoms with Crippen LogP contribution >= 0.6 is 0 Å². The van der Waals surface area contributed by atoms with E-state index in [0.717, 1.165) is 12.2 Å². The minimum absolute atomic E-state index is 0.107. The van der Waals surface area contributed by atoms with Crippen LogP contribution in [0.15, 0.2) is 27.3 Å². The lowest BCUT2D eigenvalue weighted by molar-refractivity contribution is 0.102. The Morgan fingerprint density at radius 1 is 1.38 bits per heavy atom. The van der Waals surface area contributed by atoms with E-state index in [1.807, 2.05) is 13.8 Å². The van der Waals surface area contributed by atoms with E-state index in [4.69, 9.17) is 8.94 Å². The molecule has 0 unspecified atom stereocenters. The third-order valence-electron chi connectivity index (χ3n) is 2.97. The lowest BCUT2D eigenvalue weighted by Gasteiger charge is -2.14. The first-order valence-electron chi connectivity index (χ1n) is 7.10. The summed E-state index contributed by atoms with van der Waals surface area (Å²) in [7, 11) is 0. The molecule has 1 N–H and O–H groups in total. The molecule has 2 aromatic heterocycles. The third kappa shape index (κ3) is 3.97. The van der Waals surface area contributed by atoms with Crippen LogP contribution in [-0.4, -0.2) is 11.1 Å². The second-order valence-corrected chi connectivity index (χ2v) is 6.72. The fourth-order valence-corrected chi connectivity index (χ4v) is 2.12. The van der Waals surface area contributed by atoms with Gasteiger partial charge in [0.15, 0.2) is 5.82 Å². The number of carbonyl (C=O) groups is 1. The number of anilines is 1. The Morgan fingerprint density at radius 3 is 2.71 bits per heavy atom. The molecule has 0 aromatic carbocycles. The van der Waals surface area contributed by atoms with Crippen molar-refractivity contribution in [1.82, 2.24) is 5.16 Å². The van der Waals surface area contributed by atoms with Crippen LogP contribution in [0.25, 0.3) is 0 Å². The fourth-order valence-electron chi connectivity index (χ4n) is 2.12. The second kappa shape index (κ2) is 5.76. The number of carbonyl (C=O) groups excluding carboxylic acids is 1. The number of hydrogen-bond acceptors (Lipinski definition) is 4. The van der Waals surface area contributed by atoms with Gasteiger partial charge < -0.3 is 14.3 Å². The normalized spacial score (nSPS) is 11.9. The van der Waals surface area contributed by atoms with Crippen molar-refractivity contribution in [3.63, 3.8) is 0 Å². The van der Waals surface area contributed by atoms with Gasteiger partial charge in [-0.2, -0.15) is 0 Å². The molecule has 0 aliphatic heterocycles. The molecule has 0 saturated heterocycles. The van der Waals surface area contributed by atoms with Crippen molar-refractivity contribution in [2.75, 3.05) is 5.32 Å². The summed E-state index contributed by atoms with van der Waals surface area (Å²) in [6.07, 6.45) is 2.29. The molecule has 0 spiro atoms. The zero-order valence-electron chi connectivity index (χ0n) is 13.2. The van der Waals surface area contributed by atoms with Gasteiger partial charge in [-0.15, -0.1) is 0 Å². The number of hydrogen-bond donors (Lipinski definition) is 1. The quantitative estimate of drug-likeness (QED) is 0.914. The maximum atomic E-state index is 12.2. The standard InChI is InChI=1S/C16H22N2O3/c1-10(2)14-12(6-7-20-14)15(19)17-13-8-11(21-18-13)9-16(3,4)5/h6-8,10H,9H2,1-5H3,(H,17,18,19). The largest absolute Gasteiger partial charge is 0.468 e. The lowest BCUT2D eigenvalue weighted by Crippen LogP contribution is -2.13. The Kier molecular flexibility index (Phi) is 4.21. The van der Waals surface area contributed by atoms with Crippen LogP contribution in [0.1, 0.15) is 62.4 Å². The first kappa shape index (κ1) is 15.4. The molecule has 5 heteroatoms. The van der Waals surface area contributed by atoms with E-state index in [1.165, 1.54) is 6.26 Å². The molecule has 2 rings (SSSR count). The zero-order chi connectivity index (χ0) is 15.6. The second-order valence-electron chi connectivity index (χ2n) is 6.72. The topological polar surface area (TPSA) is 68.3 Å². The number of amides is 1. The number of nitrogens with zero attached hydrogens (tertiary/aromatic N) is 1. The average Bonchev–Trinajstić information content (AvgIpc) is 2.95. The molecule has 0 atom stereocenters. The summed E-state index contributed by atoms with van der Waals surface area (Å²) >= 11 is 0. The van der Waals surface area contributed by atoms with Crippen LogP contribution < -0.4 is 5.32 Å². The molecule has 0 aliphatic rings. The van der Waals surface area contributed by atoms with Gasteiger partial charge in [0.25, 0.3) is 5.91 Å². The van der Waals surface area contributed by atoms with E-state index >= 15 is 0 Å². The molecule has 1 amide bonds. The SMILES string of the molecule is CC(C)c1occc1C(=O)Nc1cc(CC(C)(C)C)on1. The summed E-state index contributed by atoms with van der Waals surface area (Å²) in [6.45, 7) is 10.3. The third-order valence-corrected chi connectivity index (χ3v) is 2.97. The summed E-state index contributed by atoms with van der Waals surface area (Å²) in [6, 6.07) is 3.43. The number of rotatable bonds is 4. The highest BCUT2D eigenvalue weighted by Gasteiger charge is 2.19. The Morgan fingerprint density at radius 2 is 2.10 bits per heavy atom. The van der Waals surface area contributed by atoms with Crippen LogP contribution in [0.5, 0.6) is 0 Å². The maximum absolute atomic E-state index is 12.2. The van der Waals surface area contributed by atoms with Crippen LogP contribution in [0.2, 0.25) is 0 Å². The van der Waals surface area contributed by atoms with Gasteiger partial charge in [0.05, 0.1) is 11.8 Å². The first-order valence-corrected chi connectivity index (χ1v) is 7.10. The molecule has 0 saturated carbocycles. The molecule has 2 heterocycles. The van der Waals surface area contributed by atoms with Gasteiger partial charge in [0, 0.05) is 18.4 Å². The van der Waals surface area contributed by atoms with E-state index in [9.17, 15) is 4.79 Å². The predicted molar refractivity (Wildman–Crippen MR) is 80.4 cm³/mol. The van der Waals surface area contributed by atoms with E-state index in [-0.39, 0.29) is 17.2 Å². The van der Waals surface area contributed by atoms with Crippen molar-refractivity contribution >= 4 is 11.7 Å². The maximum Gasteiger partial charge on any atom is 0.260 e. The molecule has 0 bridgehead atoms. The van der Waals surface area contributed by atoms with Crippen molar-refractivity contribution in [2.45, 2.75) is 47.0 Å². The highest BCUT2D eigenvalue weighted by atomic mass is 16.5. The monoisotopic (exact) mass is 290 g/mol. The van der Waals surface area contributed by atoms with Crippen molar-refractivity contribution < 1.29 is 13.7 Å².